The molecule has 0 amide bonds. The maximum atomic E-state index is 10.4. The van der Waals surface area contributed by atoms with Gasteiger partial charge < -0.3 is 14.6 Å². The average Bonchev–Trinajstić information content (AvgIpc) is 2.13. The summed E-state index contributed by atoms with van der Waals surface area (Å²) >= 11 is 5.79. The maximum absolute atomic E-state index is 10.4. The van der Waals surface area contributed by atoms with Gasteiger partial charge in [0.1, 0.15) is 0 Å². The molecule has 0 saturated carbocycles. The van der Waals surface area contributed by atoms with Crippen LogP contribution in [0, 0.1) is 0 Å². The molecule has 0 spiro atoms. The third-order valence-electron chi connectivity index (χ3n) is 1.40. The summed E-state index contributed by atoms with van der Waals surface area (Å²) in [6, 6.07) is 6.89. The second-order valence-corrected chi connectivity index (χ2v) is 4.67. The molecule has 0 heterocycles. The summed E-state index contributed by atoms with van der Waals surface area (Å²) in [7, 11) is -4.17. The van der Waals surface area contributed by atoms with Crippen LogP contribution in [0.15, 0.2) is 29.4 Å². The van der Waals surface area contributed by atoms with Gasteiger partial charge >= 0.3 is 7.60 Å². The monoisotopic (exact) mass is 249 g/mol. The smallest absolute Gasteiger partial charge is 0.365 e. The van der Waals surface area contributed by atoms with Crippen molar-refractivity contribution < 1.29 is 19.2 Å². The molecular formula is C8H9ClNO4P. The summed E-state index contributed by atoms with van der Waals surface area (Å²) in [6.07, 6.45) is 0.548. The molecule has 0 fully saturated rings. The van der Waals surface area contributed by atoms with Crippen molar-refractivity contribution in [3.05, 3.63) is 34.9 Å². The van der Waals surface area contributed by atoms with Crippen molar-refractivity contribution in [2.45, 2.75) is 0 Å². The van der Waals surface area contributed by atoms with E-state index in [0.29, 0.717) is 10.6 Å². The first kappa shape index (κ1) is 12.2. The molecule has 0 bridgehead atoms. The van der Waals surface area contributed by atoms with Gasteiger partial charge in [-0.3, -0.25) is 4.57 Å². The topological polar surface area (TPSA) is 79.1 Å². The Kier molecular flexibility index (Phi) is 4.29. The molecule has 1 aromatic rings. The van der Waals surface area contributed by atoms with Gasteiger partial charge in [-0.1, -0.05) is 35.0 Å². The van der Waals surface area contributed by atoms with E-state index in [4.69, 9.17) is 21.4 Å². The van der Waals surface area contributed by atoms with Crippen LogP contribution in [-0.2, 0) is 9.40 Å². The molecule has 2 N–H and O–H groups in total. The lowest BCUT2D eigenvalue weighted by Crippen LogP contribution is -1.90. The van der Waals surface area contributed by atoms with Crippen LogP contribution in [0.2, 0.25) is 5.02 Å². The fourth-order valence-electron chi connectivity index (χ4n) is 0.782. The number of benzene rings is 1. The Bertz CT molecular complexity index is 403. The normalized spacial score (nSPS) is 11.9. The van der Waals surface area contributed by atoms with E-state index in [-0.39, 0.29) is 0 Å². The van der Waals surface area contributed by atoms with Crippen LogP contribution >= 0.6 is 19.2 Å². The largest absolute Gasteiger partial charge is 0.383 e. The van der Waals surface area contributed by atoms with Gasteiger partial charge in [0.25, 0.3) is 0 Å². The van der Waals surface area contributed by atoms with Crippen LogP contribution in [0.4, 0.5) is 0 Å². The molecule has 82 valence electrons. The molecule has 5 nitrogen and oxygen atoms in total. The fraction of sp³-hybridized carbons (Fsp3) is 0.125. The average molecular weight is 250 g/mol. The number of oxime groups is 1. The minimum atomic E-state index is -4.17. The minimum Gasteiger partial charge on any atom is -0.383 e. The van der Waals surface area contributed by atoms with E-state index >= 15 is 0 Å². The number of hydrogen-bond donors (Lipinski definition) is 2. The molecule has 0 atom stereocenters. The van der Waals surface area contributed by atoms with E-state index in [0.717, 1.165) is 0 Å². The zero-order valence-electron chi connectivity index (χ0n) is 7.58. The van der Waals surface area contributed by atoms with Crippen molar-refractivity contribution in [3.63, 3.8) is 0 Å². The molecule has 1 aromatic carbocycles. The number of rotatable bonds is 4. The lowest BCUT2D eigenvalue weighted by Gasteiger charge is -2.00. The highest BCUT2D eigenvalue weighted by molar-refractivity contribution is 7.51. The summed E-state index contributed by atoms with van der Waals surface area (Å²) in [4.78, 5) is 21.3. The number of nitrogens with zero attached hydrogens (tertiary/aromatic N) is 1. The quantitative estimate of drug-likeness (QED) is 0.485. The molecule has 0 radical (unpaired) electrons. The predicted molar refractivity (Wildman–Crippen MR) is 57.0 cm³/mol. The van der Waals surface area contributed by atoms with Gasteiger partial charge in [-0.15, -0.1) is 0 Å². The Labute approximate surface area is 91.5 Å². The van der Waals surface area contributed by atoms with Gasteiger partial charge in [0, 0.05) is 10.6 Å². The van der Waals surface area contributed by atoms with E-state index < -0.39 is 13.9 Å². The summed E-state index contributed by atoms with van der Waals surface area (Å²) in [5, 5.41) is 3.87. The van der Waals surface area contributed by atoms with Crippen LogP contribution in [0.3, 0.4) is 0 Å². The zero-order valence-corrected chi connectivity index (χ0v) is 9.23. The molecule has 0 aromatic heterocycles. The first-order valence-corrected chi connectivity index (χ1v) is 6.11. The molecular weight excluding hydrogens is 241 g/mol. The summed E-state index contributed by atoms with van der Waals surface area (Å²) in [5.74, 6) is 0. The Balaban J connectivity index is 2.52. The SMILES string of the molecule is O=P(O)(O)CON=Cc1ccccc1Cl. The van der Waals surface area contributed by atoms with E-state index in [2.05, 4.69) is 9.99 Å². The van der Waals surface area contributed by atoms with Gasteiger partial charge in [0.05, 0.1) is 6.21 Å². The molecule has 0 unspecified atom stereocenters. The molecule has 0 aliphatic heterocycles. The molecule has 0 saturated heterocycles. The van der Waals surface area contributed by atoms with Crippen molar-refractivity contribution in [1.82, 2.24) is 0 Å². The van der Waals surface area contributed by atoms with E-state index in [9.17, 15) is 4.57 Å². The lowest BCUT2D eigenvalue weighted by molar-refractivity contribution is 0.169. The third kappa shape index (κ3) is 4.95. The highest BCUT2D eigenvalue weighted by atomic mass is 35.5. The first-order valence-electron chi connectivity index (χ1n) is 3.93. The third-order valence-corrected chi connectivity index (χ3v) is 2.19. The minimum absolute atomic E-state index is 0.487. The van der Waals surface area contributed by atoms with Crippen LogP contribution in [-0.4, -0.2) is 22.3 Å². The van der Waals surface area contributed by atoms with Crippen molar-refractivity contribution >= 4 is 25.4 Å². The highest BCUT2D eigenvalue weighted by Gasteiger charge is 2.12. The van der Waals surface area contributed by atoms with Gasteiger partial charge in [0.2, 0.25) is 6.35 Å². The maximum Gasteiger partial charge on any atom is 0.365 e. The highest BCUT2D eigenvalue weighted by Crippen LogP contribution is 2.33. The van der Waals surface area contributed by atoms with Gasteiger partial charge in [0.15, 0.2) is 0 Å². The van der Waals surface area contributed by atoms with Crippen molar-refractivity contribution in [2.75, 3.05) is 6.35 Å². The molecule has 15 heavy (non-hydrogen) atoms. The second kappa shape index (κ2) is 5.28. The Hall–Kier alpha value is -0.870. The van der Waals surface area contributed by atoms with Crippen molar-refractivity contribution in [2.24, 2.45) is 5.16 Å². The Morgan fingerprint density at radius 1 is 1.47 bits per heavy atom. The Morgan fingerprint density at radius 2 is 2.13 bits per heavy atom. The zero-order chi connectivity index (χ0) is 11.3. The first-order chi connectivity index (χ1) is 6.99. The Morgan fingerprint density at radius 3 is 2.73 bits per heavy atom. The summed E-state index contributed by atoms with van der Waals surface area (Å²) < 4.78 is 10.4. The molecule has 1 rings (SSSR count). The number of halogens is 1. The lowest BCUT2D eigenvalue weighted by atomic mass is 10.2. The van der Waals surface area contributed by atoms with Crippen LogP contribution < -0.4 is 0 Å². The molecule has 0 aliphatic rings. The van der Waals surface area contributed by atoms with Crippen molar-refractivity contribution in [1.29, 1.82) is 0 Å². The molecule has 0 aliphatic carbocycles. The summed E-state index contributed by atoms with van der Waals surface area (Å²) in [6.45, 7) is 0. The van der Waals surface area contributed by atoms with E-state index in [1.807, 2.05) is 0 Å². The standard InChI is InChI=1S/C8H9ClNO4P/c9-8-4-2-1-3-7(8)5-10-14-6-15(11,12)13/h1-5H,6H2,(H2,11,12,13). The van der Waals surface area contributed by atoms with Gasteiger partial charge in [-0.2, -0.15) is 0 Å². The van der Waals surface area contributed by atoms with E-state index in [1.165, 1.54) is 6.21 Å². The summed E-state index contributed by atoms with van der Waals surface area (Å²) in [5.41, 5.74) is 0.616. The fourth-order valence-corrected chi connectivity index (χ4v) is 1.18. The molecule has 7 heteroatoms. The van der Waals surface area contributed by atoms with Gasteiger partial charge in [-0.25, -0.2) is 0 Å². The van der Waals surface area contributed by atoms with Crippen LogP contribution in [0.1, 0.15) is 5.56 Å². The van der Waals surface area contributed by atoms with Crippen molar-refractivity contribution in [3.8, 4) is 0 Å². The predicted octanol–water partition coefficient (Wildman–Crippen LogP) is 1.83. The number of hydrogen-bond acceptors (Lipinski definition) is 3. The van der Waals surface area contributed by atoms with Crippen LogP contribution in [0.5, 0.6) is 0 Å². The van der Waals surface area contributed by atoms with Crippen LogP contribution in [0.25, 0.3) is 0 Å². The second-order valence-electron chi connectivity index (χ2n) is 2.68. The van der Waals surface area contributed by atoms with E-state index in [1.54, 1.807) is 24.3 Å². The van der Waals surface area contributed by atoms with Gasteiger partial charge in [-0.05, 0) is 6.07 Å².